The van der Waals surface area contributed by atoms with E-state index in [9.17, 15) is 4.79 Å². The van der Waals surface area contributed by atoms with E-state index in [1.807, 2.05) is 69.3 Å². The molecular weight excluding hydrogens is 374 g/mol. The maximum absolute atomic E-state index is 12.4. The fourth-order valence-corrected chi connectivity index (χ4v) is 3.36. The lowest BCUT2D eigenvalue weighted by atomic mass is 10.1. The van der Waals surface area contributed by atoms with Crippen LogP contribution >= 0.6 is 0 Å². The van der Waals surface area contributed by atoms with Crippen molar-refractivity contribution < 1.29 is 14.3 Å². The number of hydrogen-bond donors (Lipinski definition) is 1. The number of methoxy groups -OCH3 is 1. The summed E-state index contributed by atoms with van der Waals surface area (Å²) in [5.41, 5.74) is 6.08. The Balaban J connectivity index is 1.67. The molecule has 0 saturated carbocycles. The van der Waals surface area contributed by atoms with E-state index in [0.29, 0.717) is 18.1 Å². The minimum atomic E-state index is -0.173. The smallest absolute Gasteiger partial charge is 0.248 e. The summed E-state index contributed by atoms with van der Waals surface area (Å²) in [5, 5.41) is 2.97. The Bertz CT molecular complexity index is 1030. The zero-order valence-electron chi connectivity index (χ0n) is 17.9. The molecule has 0 fully saturated rings. The van der Waals surface area contributed by atoms with E-state index < -0.39 is 0 Å². The topological polar surface area (TPSA) is 47.6 Å². The van der Waals surface area contributed by atoms with Gasteiger partial charge in [0.2, 0.25) is 5.91 Å². The van der Waals surface area contributed by atoms with Crippen molar-refractivity contribution in [2.45, 2.75) is 27.4 Å². The maximum Gasteiger partial charge on any atom is 0.248 e. The van der Waals surface area contributed by atoms with Crippen LogP contribution in [0.3, 0.4) is 0 Å². The number of aryl methyl sites for hydroxylation is 3. The maximum atomic E-state index is 12.4. The van der Waals surface area contributed by atoms with Gasteiger partial charge in [0.25, 0.3) is 0 Å². The SMILES string of the molecule is COc1cc(/C=C/C(=O)Nc2c(C)cc(C)cc2C)ccc1OCc1ccccc1. The summed E-state index contributed by atoms with van der Waals surface area (Å²) < 4.78 is 11.3. The van der Waals surface area contributed by atoms with Crippen LogP contribution in [0.5, 0.6) is 11.5 Å². The highest BCUT2D eigenvalue weighted by molar-refractivity contribution is 6.02. The van der Waals surface area contributed by atoms with Crippen LogP contribution in [-0.2, 0) is 11.4 Å². The summed E-state index contributed by atoms with van der Waals surface area (Å²) >= 11 is 0. The molecule has 0 heterocycles. The summed E-state index contributed by atoms with van der Waals surface area (Å²) in [6, 6.07) is 19.7. The van der Waals surface area contributed by atoms with Crippen molar-refractivity contribution in [3.63, 3.8) is 0 Å². The van der Waals surface area contributed by atoms with Gasteiger partial charge in [-0.05, 0) is 61.2 Å². The van der Waals surface area contributed by atoms with Crippen molar-refractivity contribution in [3.05, 3.63) is 94.6 Å². The second-order valence-electron chi connectivity index (χ2n) is 7.28. The number of hydrogen-bond acceptors (Lipinski definition) is 3. The first-order valence-corrected chi connectivity index (χ1v) is 9.88. The molecule has 3 aromatic carbocycles. The fraction of sp³-hybridized carbons (Fsp3) is 0.192. The van der Waals surface area contributed by atoms with Gasteiger partial charge in [-0.25, -0.2) is 0 Å². The van der Waals surface area contributed by atoms with E-state index in [1.54, 1.807) is 13.2 Å². The Hall–Kier alpha value is -3.53. The van der Waals surface area contributed by atoms with E-state index >= 15 is 0 Å². The van der Waals surface area contributed by atoms with Crippen LogP contribution < -0.4 is 14.8 Å². The molecule has 0 aliphatic carbocycles. The second kappa shape index (κ2) is 9.79. The molecule has 30 heavy (non-hydrogen) atoms. The number of amides is 1. The number of ether oxygens (including phenoxy) is 2. The molecule has 0 saturated heterocycles. The van der Waals surface area contributed by atoms with Gasteiger partial charge in [-0.2, -0.15) is 0 Å². The van der Waals surface area contributed by atoms with Gasteiger partial charge in [0.15, 0.2) is 11.5 Å². The third-order valence-corrected chi connectivity index (χ3v) is 4.78. The number of carbonyl (C=O) groups excluding carboxylic acids is 1. The van der Waals surface area contributed by atoms with Gasteiger partial charge < -0.3 is 14.8 Å². The molecule has 4 heteroatoms. The highest BCUT2D eigenvalue weighted by Gasteiger charge is 2.08. The monoisotopic (exact) mass is 401 g/mol. The van der Waals surface area contributed by atoms with E-state index in [2.05, 4.69) is 17.4 Å². The first kappa shape index (κ1) is 21.2. The van der Waals surface area contributed by atoms with Crippen molar-refractivity contribution in [2.75, 3.05) is 12.4 Å². The Labute approximate surface area is 178 Å². The van der Waals surface area contributed by atoms with Gasteiger partial charge >= 0.3 is 0 Å². The summed E-state index contributed by atoms with van der Waals surface area (Å²) in [5.74, 6) is 1.11. The van der Waals surface area contributed by atoms with Gasteiger partial charge in [-0.3, -0.25) is 4.79 Å². The van der Waals surface area contributed by atoms with Crippen LogP contribution in [0.4, 0.5) is 5.69 Å². The zero-order valence-corrected chi connectivity index (χ0v) is 17.9. The zero-order chi connectivity index (χ0) is 21.5. The van der Waals surface area contributed by atoms with E-state index in [4.69, 9.17) is 9.47 Å². The van der Waals surface area contributed by atoms with E-state index in [-0.39, 0.29) is 5.91 Å². The number of carbonyl (C=O) groups is 1. The molecule has 0 radical (unpaired) electrons. The molecule has 3 rings (SSSR count). The van der Waals surface area contributed by atoms with Crippen molar-refractivity contribution in [2.24, 2.45) is 0 Å². The third kappa shape index (κ3) is 5.51. The van der Waals surface area contributed by atoms with Gasteiger partial charge in [0, 0.05) is 11.8 Å². The number of benzene rings is 3. The van der Waals surface area contributed by atoms with E-state index in [1.165, 1.54) is 11.6 Å². The van der Waals surface area contributed by atoms with Crippen LogP contribution in [0.2, 0.25) is 0 Å². The van der Waals surface area contributed by atoms with Gasteiger partial charge in [-0.1, -0.05) is 54.1 Å². The Morgan fingerprint density at radius 3 is 2.30 bits per heavy atom. The van der Waals surface area contributed by atoms with Crippen LogP contribution in [0.25, 0.3) is 6.08 Å². The van der Waals surface area contributed by atoms with Crippen LogP contribution in [0, 0.1) is 20.8 Å². The number of anilines is 1. The molecule has 0 aliphatic heterocycles. The predicted octanol–water partition coefficient (Wildman–Crippen LogP) is 5.85. The van der Waals surface area contributed by atoms with E-state index in [0.717, 1.165) is 27.9 Å². The summed E-state index contributed by atoms with van der Waals surface area (Å²) in [4.78, 5) is 12.4. The number of nitrogens with one attached hydrogen (secondary N) is 1. The first-order valence-electron chi connectivity index (χ1n) is 9.88. The lowest BCUT2D eigenvalue weighted by Gasteiger charge is -2.12. The molecule has 1 amide bonds. The molecule has 0 aromatic heterocycles. The molecule has 0 atom stereocenters. The number of rotatable bonds is 7. The largest absolute Gasteiger partial charge is 0.493 e. The summed E-state index contributed by atoms with van der Waals surface area (Å²) in [7, 11) is 1.61. The van der Waals surface area contributed by atoms with Crippen LogP contribution in [-0.4, -0.2) is 13.0 Å². The lowest BCUT2D eigenvalue weighted by molar-refractivity contribution is -0.111. The fourth-order valence-electron chi connectivity index (χ4n) is 3.36. The normalized spacial score (nSPS) is 10.8. The third-order valence-electron chi connectivity index (χ3n) is 4.78. The minimum Gasteiger partial charge on any atom is -0.493 e. The van der Waals surface area contributed by atoms with Crippen molar-refractivity contribution in [1.82, 2.24) is 0 Å². The standard InChI is InChI=1S/C26H27NO3/c1-18-14-19(2)26(20(3)15-18)27-25(28)13-11-21-10-12-23(24(16-21)29-4)30-17-22-8-6-5-7-9-22/h5-16H,17H2,1-4H3,(H,27,28)/b13-11+. The Kier molecular flexibility index (Phi) is 6.91. The first-order chi connectivity index (χ1) is 14.5. The van der Waals surface area contributed by atoms with Gasteiger partial charge in [0.1, 0.15) is 6.61 Å². The van der Waals surface area contributed by atoms with Crippen molar-refractivity contribution in [3.8, 4) is 11.5 Å². The molecule has 154 valence electrons. The molecule has 0 aliphatic rings. The average molecular weight is 402 g/mol. The Morgan fingerprint density at radius 1 is 0.933 bits per heavy atom. The quantitative estimate of drug-likeness (QED) is 0.505. The molecule has 0 bridgehead atoms. The van der Waals surface area contributed by atoms with Crippen molar-refractivity contribution >= 4 is 17.7 Å². The summed E-state index contributed by atoms with van der Waals surface area (Å²) in [6.07, 6.45) is 3.29. The van der Waals surface area contributed by atoms with Crippen molar-refractivity contribution in [1.29, 1.82) is 0 Å². The average Bonchev–Trinajstić information content (AvgIpc) is 2.74. The molecule has 4 nitrogen and oxygen atoms in total. The summed E-state index contributed by atoms with van der Waals surface area (Å²) in [6.45, 7) is 6.51. The Morgan fingerprint density at radius 2 is 1.63 bits per heavy atom. The van der Waals surface area contributed by atoms with Gasteiger partial charge in [0.05, 0.1) is 7.11 Å². The van der Waals surface area contributed by atoms with Gasteiger partial charge in [-0.15, -0.1) is 0 Å². The van der Waals surface area contributed by atoms with Crippen LogP contribution in [0.15, 0.2) is 66.7 Å². The predicted molar refractivity (Wildman–Crippen MR) is 122 cm³/mol. The molecule has 0 unspecified atom stereocenters. The second-order valence-corrected chi connectivity index (χ2v) is 7.28. The highest BCUT2D eigenvalue weighted by Crippen LogP contribution is 2.29. The molecule has 0 spiro atoms. The lowest BCUT2D eigenvalue weighted by Crippen LogP contribution is -2.10. The molecular formula is C26H27NO3. The minimum absolute atomic E-state index is 0.173. The highest BCUT2D eigenvalue weighted by atomic mass is 16.5. The molecule has 3 aromatic rings. The van der Waals surface area contributed by atoms with Crippen LogP contribution in [0.1, 0.15) is 27.8 Å². The molecule has 1 N–H and O–H groups in total.